The highest BCUT2D eigenvalue weighted by molar-refractivity contribution is 6.29. The number of nitrogens with zero attached hydrogens (tertiary/aromatic N) is 4. The largest absolute Gasteiger partial charge is 0.465 e. The van der Waals surface area contributed by atoms with E-state index >= 15 is 0 Å². The van der Waals surface area contributed by atoms with Crippen LogP contribution in [0.1, 0.15) is 11.1 Å². The number of anilines is 1. The van der Waals surface area contributed by atoms with Gasteiger partial charge in [0, 0.05) is 25.7 Å². The lowest BCUT2D eigenvalue weighted by Crippen LogP contribution is -2.45. The van der Waals surface area contributed by atoms with E-state index in [-0.39, 0.29) is 53.3 Å². The smallest absolute Gasteiger partial charge is 0.418 e. The fourth-order valence-electron chi connectivity index (χ4n) is 3.82. The van der Waals surface area contributed by atoms with E-state index in [0.29, 0.717) is 16.4 Å². The second-order valence-electron chi connectivity index (χ2n) is 7.71. The molecule has 4 N–H and O–H groups in total. The Bertz CT molecular complexity index is 1330. The number of likely N-dealkylation sites (N-methyl/N-ethyl adjacent to an activating group) is 1. The van der Waals surface area contributed by atoms with Crippen LogP contribution in [-0.4, -0.2) is 52.8 Å². The molecule has 0 atom stereocenters. The van der Waals surface area contributed by atoms with Crippen molar-refractivity contribution in [3.8, 4) is 17.0 Å². The molecule has 1 aromatic carbocycles. The number of ether oxygens (including phenoxy) is 1. The summed E-state index contributed by atoms with van der Waals surface area (Å²) in [6.45, 7) is 1.77. The molecule has 0 spiro atoms. The number of aryl methyl sites for hydroxylation is 1. The van der Waals surface area contributed by atoms with Crippen molar-refractivity contribution in [1.82, 2.24) is 20.1 Å². The highest BCUT2D eigenvalue weighted by Gasteiger charge is 2.37. The zero-order chi connectivity index (χ0) is 24.8. The highest BCUT2D eigenvalue weighted by atomic mass is 35.5. The van der Waals surface area contributed by atoms with Gasteiger partial charge in [0.2, 0.25) is 0 Å². The van der Waals surface area contributed by atoms with Gasteiger partial charge in [0.05, 0.1) is 21.8 Å². The molecule has 2 aliphatic rings. The highest BCUT2D eigenvalue weighted by Crippen LogP contribution is 2.39. The summed E-state index contributed by atoms with van der Waals surface area (Å²) in [7, 11) is 1.42. The summed E-state index contributed by atoms with van der Waals surface area (Å²) in [5, 5.41) is 13.2. The Labute approximate surface area is 196 Å². The van der Waals surface area contributed by atoms with Crippen molar-refractivity contribution in [3.05, 3.63) is 51.3 Å². The molecule has 1 amide bonds. The van der Waals surface area contributed by atoms with E-state index in [1.807, 2.05) is 0 Å². The van der Waals surface area contributed by atoms with Crippen LogP contribution in [0.25, 0.3) is 17.1 Å². The number of nitrogen functional groups attached to an aromatic ring is 1. The maximum absolute atomic E-state index is 13.9. The van der Waals surface area contributed by atoms with Crippen LogP contribution in [0.4, 0.5) is 23.8 Å². The normalized spacial score (nSPS) is 14.8. The van der Waals surface area contributed by atoms with Gasteiger partial charge in [-0.2, -0.15) is 13.2 Å². The van der Waals surface area contributed by atoms with Crippen LogP contribution in [0.5, 0.6) is 5.75 Å². The molecular formula is C21H20ClF3N6O3. The minimum absolute atomic E-state index is 0.0486. The van der Waals surface area contributed by atoms with E-state index in [0.717, 1.165) is 4.90 Å². The average molecular weight is 497 g/mol. The van der Waals surface area contributed by atoms with Crippen molar-refractivity contribution in [2.45, 2.75) is 13.1 Å². The van der Waals surface area contributed by atoms with Crippen LogP contribution in [0, 0.1) is 6.92 Å². The molecular weight excluding hydrogens is 477 g/mol. The first-order valence-corrected chi connectivity index (χ1v) is 10.4. The molecule has 2 aliphatic heterocycles. The van der Waals surface area contributed by atoms with Gasteiger partial charge in [-0.25, -0.2) is 9.78 Å². The van der Waals surface area contributed by atoms with Crippen LogP contribution in [0.15, 0.2) is 34.6 Å². The lowest BCUT2D eigenvalue weighted by molar-refractivity contribution is -0.137. The van der Waals surface area contributed by atoms with Crippen LogP contribution < -0.4 is 26.4 Å². The van der Waals surface area contributed by atoms with Crippen molar-refractivity contribution >= 4 is 29.3 Å². The predicted octanol–water partition coefficient (Wildman–Crippen LogP) is 2.25. The van der Waals surface area contributed by atoms with E-state index in [1.54, 1.807) is 4.90 Å². The van der Waals surface area contributed by atoms with Crippen LogP contribution >= 0.6 is 11.6 Å². The van der Waals surface area contributed by atoms with Gasteiger partial charge in [-0.1, -0.05) is 11.6 Å². The molecule has 9 nitrogen and oxygen atoms in total. The standard InChI is InChI=1S/C21H20ClF3N6O3/c1-10-5-15(26)29-18(17(10)21(23,24)25)11-6-12-16-13(7-11)34-8-14(22)31(19(16)28-9-27-12)4-3-30(2)20(32)33/h5-8,28H,3-4,9H2,1-2H3,(H2,26,29)(H,32,33). The third-order valence-corrected chi connectivity index (χ3v) is 5.70. The molecule has 0 unspecified atom stereocenters. The number of nitrogens with two attached hydrogens (primary N) is 1. The van der Waals surface area contributed by atoms with Crippen molar-refractivity contribution in [2.75, 3.05) is 32.5 Å². The van der Waals surface area contributed by atoms with Crippen molar-refractivity contribution in [3.63, 3.8) is 0 Å². The van der Waals surface area contributed by atoms with E-state index in [9.17, 15) is 18.0 Å². The molecule has 1 aromatic heterocycles. The SMILES string of the molecule is Cc1cc(N)nc(-c2cc3c4c(c2)=NCNC=4N(CCN(C)C(=O)O)C(Cl)=CO3)c1C(F)(F)F. The average Bonchev–Trinajstić information content (AvgIpc) is 2.88. The topological polar surface area (TPSA) is 116 Å². The molecule has 0 saturated carbocycles. The third-order valence-electron chi connectivity index (χ3n) is 5.40. The number of rotatable bonds is 4. The summed E-state index contributed by atoms with van der Waals surface area (Å²) in [4.78, 5) is 22.2. The lowest BCUT2D eigenvalue weighted by Gasteiger charge is -2.28. The van der Waals surface area contributed by atoms with E-state index < -0.39 is 17.8 Å². The minimum Gasteiger partial charge on any atom is -0.465 e. The number of nitrogens with one attached hydrogen (secondary N) is 1. The number of carboxylic acid groups (broad SMARTS) is 1. The first-order valence-electron chi connectivity index (χ1n) is 10.0. The number of carbonyl (C=O) groups is 1. The number of pyridine rings is 1. The fraction of sp³-hybridized carbons (Fsp3) is 0.286. The van der Waals surface area contributed by atoms with Gasteiger partial charge in [-0.3, -0.25) is 4.99 Å². The summed E-state index contributed by atoms with van der Waals surface area (Å²) < 4.78 is 47.3. The second-order valence-corrected chi connectivity index (χ2v) is 8.10. The summed E-state index contributed by atoms with van der Waals surface area (Å²) in [6.07, 6.45) is -4.52. The first-order chi connectivity index (χ1) is 16.0. The Kier molecular flexibility index (Phi) is 5.94. The number of halogens is 4. The first kappa shape index (κ1) is 23.5. The summed E-state index contributed by atoms with van der Waals surface area (Å²) >= 11 is 6.40. The van der Waals surface area contributed by atoms with E-state index in [4.69, 9.17) is 27.2 Å². The quantitative estimate of drug-likeness (QED) is 0.556. The molecule has 180 valence electrons. The van der Waals surface area contributed by atoms with Crippen molar-refractivity contribution < 1.29 is 27.8 Å². The number of hydrogen-bond acceptors (Lipinski definition) is 7. The third kappa shape index (κ3) is 4.28. The maximum Gasteiger partial charge on any atom is 0.418 e. The monoisotopic (exact) mass is 496 g/mol. The fourth-order valence-corrected chi connectivity index (χ4v) is 4.04. The van der Waals surface area contributed by atoms with Gasteiger partial charge < -0.3 is 30.7 Å². The molecule has 0 aliphatic carbocycles. The van der Waals surface area contributed by atoms with Crippen LogP contribution in [0.2, 0.25) is 0 Å². The number of alkyl halides is 3. The van der Waals surface area contributed by atoms with E-state index in [2.05, 4.69) is 15.3 Å². The number of benzene rings is 1. The van der Waals surface area contributed by atoms with Crippen molar-refractivity contribution in [1.29, 1.82) is 0 Å². The summed E-state index contributed by atoms with van der Waals surface area (Å²) in [5.74, 6) is 0.657. The van der Waals surface area contributed by atoms with Gasteiger partial charge in [-0.05, 0) is 30.7 Å². The number of amides is 1. The Morgan fingerprint density at radius 1 is 1.38 bits per heavy atom. The predicted molar refractivity (Wildman–Crippen MR) is 118 cm³/mol. The molecule has 3 heterocycles. The van der Waals surface area contributed by atoms with E-state index in [1.165, 1.54) is 38.4 Å². The Morgan fingerprint density at radius 3 is 2.79 bits per heavy atom. The number of aromatic nitrogens is 1. The number of hydrogen-bond donors (Lipinski definition) is 3. The lowest BCUT2D eigenvalue weighted by atomic mass is 9.99. The van der Waals surface area contributed by atoms with Gasteiger partial charge in [0.15, 0.2) is 0 Å². The van der Waals surface area contributed by atoms with Gasteiger partial charge in [0.25, 0.3) is 0 Å². The minimum atomic E-state index is -4.66. The summed E-state index contributed by atoms with van der Waals surface area (Å²) in [5.41, 5.74) is 4.61. The van der Waals surface area contributed by atoms with Gasteiger partial charge in [-0.15, -0.1) is 0 Å². The van der Waals surface area contributed by atoms with Gasteiger partial charge in [0.1, 0.15) is 35.5 Å². The molecule has 0 radical (unpaired) electrons. The summed E-state index contributed by atoms with van der Waals surface area (Å²) in [6, 6.07) is 4.08. The molecule has 0 saturated heterocycles. The molecule has 4 rings (SSSR count). The van der Waals surface area contributed by atoms with Gasteiger partial charge >= 0.3 is 12.3 Å². The molecule has 13 heteroatoms. The molecule has 34 heavy (non-hydrogen) atoms. The zero-order valence-electron chi connectivity index (χ0n) is 18.1. The Hall–Kier alpha value is -3.67. The van der Waals surface area contributed by atoms with Crippen LogP contribution in [0.3, 0.4) is 0 Å². The van der Waals surface area contributed by atoms with Crippen LogP contribution in [-0.2, 0) is 6.18 Å². The Morgan fingerprint density at radius 2 is 2.12 bits per heavy atom. The second kappa shape index (κ2) is 8.60. The molecule has 0 bridgehead atoms. The Balaban J connectivity index is 1.90. The molecule has 2 aromatic rings. The van der Waals surface area contributed by atoms with Crippen molar-refractivity contribution in [2.24, 2.45) is 4.99 Å². The maximum atomic E-state index is 13.9. The molecule has 0 fully saturated rings. The zero-order valence-corrected chi connectivity index (χ0v) is 18.8.